The van der Waals surface area contributed by atoms with Gasteiger partial charge in [-0.05, 0) is 159 Å². The molecule has 5 fully saturated rings. The number of allylic oxidation sites excluding steroid dienone is 5. The number of carbonyl (C=O) groups excluding carboxylic acids is 1. The van der Waals surface area contributed by atoms with Gasteiger partial charge in [-0.1, -0.05) is 58.9 Å². The molecule has 9 nitrogen and oxygen atoms in total. The first-order valence-corrected chi connectivity index (χ1v) is 25.1. The molecular weight excluding hydrogens is 757 g/mol. The van der Waals surface area contributed by atoms with Crippen LogP contribution in [-0.4, -0.2) is 85.9 Å². The number of nitrogens with zero attached hydrogens (tertiary/aromatic N) is 3. The van der Waals surface area contributed by atoms with Gasteiger partial charge in [0.2, 0.25) is 5.88 Å². The molecule has 7 aliphatic rings. The molecule has 1 saturated heterocycles. The van der Waals surface area contributed by atoms with Crippen molar-refractivity contribution in [3.63, 3.8) is 0 Å². The lowest BCUT2D eigenvalue weighted by atomic mass is 9.33. The van der Waals surface area contributed by atoms with Gasteiger partial charge in [0.15, 0.2) is 9.84 Å². The van der Waals surface area contributed by atoms with E-state index in [1.165, 1.54) is 68.1 Å². The van der Waals surface area contributed by atoms with Gasteiger partial charge in [-0.15, -0.1) is 5.10 Å². The Morgan fingerprint density at radius 3 is 2.41 bits per heavy atom. The van der Waals surface area contributed by atoms with E-state index in [0.29, 0.717) is 79.5 Å². The zero-order chi connectivity index (χ0) is 42.1. The SMILES string of the molecule is C=C(C)[C@@H]1CC[C@]2(NCCN3CCS(=O)(=O)CC3)CC[C@]3(C)[C@H](CC[C@@H]4[C@@]5(C)CC=C(C6=CCC(COc7cccnn7)(C(=O)OCC)CC6)C(C)(C)[C@@H]5CC[C@]43C)[C@@H]12. The lowest BCUT2D eigenvalue weighted by Gasteiger charge is -2.72. The van der Waals surface area contributed by atoms with Crippen LogP contribution in [0.4, 0.5) is 0 Å². The number of hydrogen-bond donors (Lipinski definition) is 1. The van der Waals surface area contributed by atoms with Crippen LogP contribution >= 0.6 is 0 Å². The van der Waals surface area contributed by atoms with Crippen molar-refractivity contribution in [2.75, 3.05) is 50.9 Å². The summed E-state index contributed by atoms with van der Waals surface area (Å²) in [4.78, 5) is 15.9. The molecule has 326 valence electrons. The number of hydrogen-bond acceptors (Lipinski definition) is 9. The van der Waals surface area contributed by atoms with E-state index in [2.05, 4.69) is 80.7 Å². The Bertz CT molecular complexity index is 1930. The Balaban J connectivity index is 1.01. The lowest BCUT2D eigenvalue weighted by molar-refractivity contribution is -0.221. The average molecular weight is 831 g/mol. The van der Waals surface area contributed by atoms with Crippen LogP contribution in [0, 0.1) is 56.7 Å². The van der Waals surface area contributed by atoms with Gasteiger partial charge in [0.1, 0.15) is 12.0 Å². The molecule has 1 aromatic rings. The minimum atomic E-state index is -2.87. The van der Waals surface area contributed by atoms with Crippen LogP contribution in [0.3, 0.4) is 0 Å². The number of carbonyl (C=O) groups is 1. The molecule has 59 heavy (non-hydrogen) atoms. The number of ether oxygens (including phenoxy) is 2. The van der Waals surface area contributed by atoms with Crippen molar-refractivity contribution in [3.05, 3.63) is 53.8 Å². The van der Waals surface area contributed by atoms with Crippen LogP contribution in [-0.2, 0) is 19.4 Å². The zero-order valence-corrected chi connectivity index (χ0v) is 38.2. The van der Waals surface area contributed by atoms with E-state index >= 15 is 0 Å². The maximum absolute atomic E-state index is 13.5. The summed E-state index contributed by atoms with van der Waals surface area (Å²) >= 11 is 0. The monoisotopic (exact) mass is 831 g/mol. The first kappa shape index (κ1) is 43.1. The van der Waals surface area contributed by atoms with Crippen molar-refractivity contribution in [2.45, 2.75) is 131 Å². The maximum Gasteiger partial charge on any atom is 0.315 e. The van der Waals surface area contributed by atoms with E-state index in [-0.39, 0.29) is 39.8 Å². The Morgan fingerprint density at radius 2 is 1.73 bits per heavy atom. The van der Waals surface area contributed by atoms with Crippen molar-refractivity contribution < 1.29 is 22.7 Å². The minimum Gasteiger partial charge on any atom is -0.475 e. The van der Waals surface area contributed by atoms with E-state index in [0.717, 1.165) is 25.9 Å². The van der Waals surface area contributed by atoms with Crippen molar-refractivity contribution in [1.29, 1.82) is 0 Å². The number of fused-ring (bicyclic) bond motifs is 7. The summed E-state index contributed by atoms with van der Waals surface area (Å²) in [5, 5.41) is 12.3. The van der Waals surface area contributed by atoms with Gasteiger partial charge in [0.25, 0.3) is 0 Å². The van der Waals surface area contributed by atoms with Gasteiger partial charge in [-0.3, -0.25) is 4.79 Å². The molecule has 1 aromatic heterocycles. The van der Waals surface area contributed by atoms with Crippen molar-refractivity contribution >= 4 is 15.8 Å². The lowest BCUT2D eigenvalue weighted by Crippen LogP contribution is -2.68. The zero-order valence-electron chi connectivity index (χ0n) is 37.4. The van der Waals surface area contributed by atoms with Gasteiger partial charge in [-0.2, -0.15) is 5.10 Å². The molecule has 10 heteroatoms. The molecule has 1 unspecified atom stereocenters. The second-order valence-corrected chi connectivity index (χ2v) is 23.9. The predicted octanol–water partition coefficient (Wildman–Crippen LogP) is 8.78. The van der Waals surface area contributed by atoms with Gasteiger partial charge in [-0.25, -0.2) is 8.42 Å². The standard InChI is InChI=1S/C49H74N4O5S/c1-9-57-43(54)48(33-58-41-11-10-26-51-52-41)21-14-35(15-22-48)37-17-19-45(6)39(44(37,4)5)18-20-47(8)40(45)13-12-38-42-36(34(2)3)16-23-49(42,25-24-46(38,47)7)50-27-28-53-29-31-59(55,56)32-30-53/h10-11,14,17,26,36,38-40,42,50H,2,9,12-13,15-16,18-25,27-33H2,1,3-8H3/t36-,38+,39-,40+,42+,45-,46+,47+,48?,49-/m0/s1. The van der Waals surface area contributed by atoms with E-state index in [1.807, 2.05) is 6.92 Å². The van der Waals surface area contributed by atoms with Crippen LogP contribution in [0.15, 0.2) is 53.8 Å². The molecular formula is C49H74N4O5S. The summed E-state index contributed by atoms with van der Waals surface area (Å²) in [6.45, 7) is 25.8. The highest BCUT2D eigenvalue weighted by atomic mass is 32.2. The third kappa shape index (κ3) is 7.19. The van der Waals surface area contributed by atoms with Crippen molar-refractivity contribution in [1.82, 2.24) is 20.4 Å². The van der Waals surface area contributed by atoms with Crippen molar-refractivity contribution in [2.24, 2.45) is 56.7 Å². The molecule has 2 heterocycles. The van der Waals surface area contributed by atoms with Gasteiger partial charge >= 0.3 is 5.97 Å². The third-order valence-corrected chi connectivity index (χ3v) is 20.3. The maximum atomic E-state index is 13.5. The normalized spacial score (nSPS) is 41.2. The van der Waals surface area contributed by atoms with E-state index in [9.17, 15) is 13.2 Å². The Morgan fingerprint density at radius 1 is 0.949 bits per heavy atom. The Hall–Kier alpha value is -2.56. The number of nitrogens with one attached hydrogen (secondary N) is 1. The second kappa shape index (κ2) is 15.7. The quantitative estimate of drug-likeness (QED) is 0.173. The fourth-order valence-corrected chi connectivity index (χ4v) is 16.7. The summed E-state index contributed by atoms with van der Waals surface area (Å²) in [5.41, 5.74) is 4.48. The summed E-state index contributed by atoms with van der Waals surface area (Å²) in [6, 6.07) is 3.59. The van der Waals surface area contributed by atoms with Crippen molar-refractivity contribution in [3.8, 4) is 5.88 Å². The summed E-state index contributed by atoms with van der Waals surface area (Å²) < 4.78 is 35.9. The smallest absolute Gasteiger partial charge is 0.315 e. The summed E-state index contributed by atoms with van der Waals surface area (Å²) in [6.07, 6.45) is 20.0. The number of esters is 1. The van der Waals surface area contributed by atoms with Gasteiger partial charge in [0, 0.05) is 44.0 Å². The van der Waals surface area contributed by atoms with E-state index in [4.69, 9.17) is 9.47 Å². The molecule has 1 aliphatic heterocycles. The van der Waals surface area contributed by atoms with Gasteiger partial charge < -0.3 is 19.7 Å². The molecule has 0 aromatic carbocycles. The first-order chi connectivity index (χ1) is 27.9. The Kier molecular flexibility index (Phi) is 11.4. The fourth-order valence-electron chi connectivity index (χ4n) is 15.4. The molecule has 8 rings (SSSR count). The topological polar surface area (TPSA) is 111 Å². The molecule has 4 saturated carbocycles. The highest BCUT2D eigenvalue weighted by Crippen LogP contribution is 2.76. The predicted molar refractivity (Wildman–Crippen MR) is 234 cm³/mol. The van der Waals surface area contributed by atoms with E-state index < -0.39 is 15.3 Å². The highest BCUT2D eigenvalue weighted by Gasteiger charge is 2.70. The van der Waals surface area contributed by atoms with Crippen LogP contribution in [0.1, 0.15) is 126 Å². The molecule has 10 atom stereocenters. The van der Waals surface area contributed by atoms with E-state index in [1.54, 1.807) is 18.3 Å². The molecule has 0 amide bonds. The van der Waals surface area contributed by atoms with Gasteiger partial charge in [0.05, 0.1) is 18.1 Å². The molecule has 0 spiro atoms. The van der Waals surface area contributed by atoms with Crippen LogP contribution in [0.25, 0.3) is 0 Å². The largest absolute Gasteiger partial charge is 0.475 e. The summed E-state index contributed by atoms with van der Waals surface area (Å²) in [5.74, 6) is 3.93. The highest BCUT2D eigenvalue weighted by molar-refractivity contribution is 7.91. The first-order valence-electron chi connectivity index (χ1n) is 23.2. The fraction of sp³-hybridized carbons (Fsp3) is 0.776. The number of aromatic nitrogens is 2. The minimum absolute atomic E-state index is 0.0264. The number of rotatable bonds is 11. The molecule has 6 aliphatic carbocycles. The second-order valence-electron chi connectivity index (χ2n) is 21.6. The van der Waals surface area contributed by atoms with Crippen LogP contribution in [0.5, 0.6) is 5.88 Å². The number of sulfone groups is 1. The Labute approximate surface area is 355 Å². The molecule has 0 bridgehead atoms. The average Bonchev–Trinajstić information content (AvgIpc) is 3.59. The molecule has 1 N–H and O–H groups in total. The molecule has 0 radical (unpaired) electrons. The van der Waals surface area contributed by atoms with Crippen LogP contribution < -0.4 is 10.1 Å². The van der Waals surface area contributed by atoms with Crippen LogP contribution in [0.2, 0.25) is 0 Å². The summed E-state index contributed by atoms with van der Waals surface area (Å²) in [7, 11) is -2.87. The third-order valence-electron chi connectivity index (χ3n) is 18.7.